The Morgan fingerprint density at radius 1 is 1.17 bits per heavy atom. The molecule has 0 bridgehead atoms. The molecular formula is C17H29N5O7. The summed E-state index contributed by atoms with van der Waals surface area (Å²) >= 11 is 0. The van der Waals surface area contributed by atoms with Crippen molar-refractivity contribution in [1.29, 1.82) is 0 Å². The molecule has 29 heavy (non-hydrogen) atoms. The number of primary amides is 1. The van der Waals surface area contributed by atoms with Crippen molar-refractivity contribution >= 4 is 29.6 Å². The molecule has 164 valence electrons. The lowest BCUT2D eigenvalue weighted by Crippen LogP contribution is -2.57. The largest absolute Gasteiger partial charge is 0.480 e. The van der Waals surface area contributed by atoms with Crippen LogP contribution in [0.5, 0.6) is 0 Å². The number of likely N-dealkylation sites (tertiary alicyclic amines) is 1. The molecule has 1 saturated heterocycles. The molecule has 0 spiro atoms. The number of carboxylic acid groups (broad SMARTS) is 1. The number of nitrogens with zero attached hydrogens (tertiary/aromatic N) is 1. The molecule has 0 aromatic carbocycles. The van der Waals surface area contributed by atoms with E-state index in [2.05, 4.69) is 10.6 Å². The molecular weight excluding hydrogens is 386 g/mol. The van der Waals surface area contributed by atoms with Crippen molar-refractivity contribution in [1.82, 2.24) is 15.5 Å². The molecule has 0 saturated carbocycles. The average Bonchev–Trinajstić information content (AvgIpc) is 3.10. The zero-order valence-corrected chi connectivity index (χ0v) is 16.5. The van der Waals surface area contributed by atoms with E-state index < -0.39 is 59.9 Å². The van der Waals surface area contributed by atoms with E-state index in [4.69, 9.17) is 16.6 Å². The molecule has 1 rings (SSSR count). The number of amides is 4. The molecule has 5 unspecified atom stereocenters. The summed E-state index contributed by atoms with van der Waals surface area (Å²) in [5.74, 6) is -4.09. The van der Waals surface area contributed by atoms with E-state index in [0.29, 0.717) is 19.4 Å². The molecule has 1 aliphatic rings. The van der Waals surface area contributed by atoms with E-state index in [9.17, 15) is 29.1 Å². The molecule has 0 aliphatic carbocycles. The maximum Gasteiger partial charge on any atom is 0.328 e. The molecule has 8 N–H and O–H groups in total. The number of aliphatic hydroxyl groups is 1. The van der Waals surface area contributed by atoms with E-state index in [0.717, 1.165) is 0 Å². The van der Waals surface area contributed by atoms with Crippen molar-refractivity contribution in [2.45, 2.75) is 69.8 Å². The van der Waals surface area contributed by atoms with E-state index in [-0.39, 0.29) is 12.8 Å². The topological polar surface area (TPSA) is 205 Å². The van der Waals surface area contributed by atoms with Crippen LogP contribution in [0.15, 0.2) is 0 Å². The predicted octanol–water partition coefficient (Wildman–Crippen LogP) is -2.97. The number of nitrogens with two attached hydrogens (primary N) is 2. The Kier molecular flexibility index (Phi) is 8.98. The number of hydrogen-bond donors (Lipinski definition) is 6. The van der Waals surface area contributed by atoms with Crippen LogP contribution >= 0.6 is 0 Å². The minimum atomic E-state index is -1.60. The van der Waals surface area contributed by atoms with Gasteiger partial charge in [-0.3, -0.25) is 19.2 Å². The van der Waals surface area contributed by atoms with Crippen molar-refractivity contribution in [3.05, 3.63) is 0 Å². The van der Waals surface area contributed by atoms with Crippen LogP contribution in [0.4, 0.5) is 0 Å². The average molecular weight is 415 g/mol. The van der Waals surface area contributed by atoms with Gasteiger partial charge in [0.25, 0.3) is 0 Å². The lowest BCUT2D eigenvalue weighted by molar-refractivity contribution is -0.145. The van der Waals surface area contributed by atoms with Gasteiger partial charge in [-0.2, -0.15) is 0 Å². The monoisotopic (exact) mass is 415 g/mol. The van der Waals surface area contributed by atoms with Gasteiger partial charge in [0, 0.05) is 13.0 Å². The van der Waals surface area contributed by atoms with Crippen LogP contribution in [0.25, 0.3) is 0 Å². The summed E-state index contributed by atoms with van der Waals surface area (Å²) in [7, 11) is 0. The number of carbonyl (C=O) groups excluding carboxylic acids is 4. The fourth-order valence-corrected chi connectivity index (χ4v) is 3.03. The summed E-state index contributed by atoms with van der Waals surface area (Å²) in [6, 6.07) is -4.49. The third-order valence-electron chi connectivity index (χ3n) is 4.59. The zero-order chi connectivity index (χ0) is 22.3. The Morgan fingerprint density at radius 2 is 1.79 bits per heavy atom. The van der Waals surface area contributed by atoms with Gasteiger partial charge in [0.1, 0.15) is 12.1 Å². The second-order valence-corrected chi connectivity index (χ2v) is 7.11. The summed E-state index contributed by atoms with van der Waals surface area (Å²) in [4.78, 5) is 61.0. The molecule has 1 aliphatic heterocycles. The van der Waals surface area contributed by atoms with Gasteiger partial charge in [0.05, 0.1) is 12.1 Å². The van der Waals surface area contributed by atoms with Crippen molar-refractivity contribution in [3.8, 4) is 0 Å². The van der Waals surface area contributed by atoms with E-state index in [1.165, 1.54) is 18.7 Å². The first-order valence-electron chi connectivity index (χ1n) is 9.31. The van der Waals surface area contributed by atoms with Crippen LogP contribution < -0.4 is 22.1 Å². The Morgan fingerprint density at radius 3 is 2.28 bits per heavy atom. The van der Waals surface area contributed by atoms with Crippen LogP contribution in [0.1, 0.15) is 39.5 Å². The standard InChI is InChI=1S/C17H29N5O7/c1-8(18)16(27)22-7-3-4-11(22)15(26)20-10(5-6-12(19)24)14(25)21-13(9(2)23)17(28)29/h8-11,13,23H,3-7,18H2,1-2H3,(H2,19,24)(H,20,26)(H,21,25)(H,28,29). The highest BCUT2D eigenvalue weighted by Gasteiger charge is 2.37. The SMILES string of the molecule is CC(N)C(=O)N1CCCC1C(=O)NC(CCC(N)=O)C(=O)NC(C(=O)O)C(C)O. The lowest BCUT2D eigenvalue weighted by atomic mass is 10.1. The molecule has 4 amide bonds. The van der Waals surface area contributed by atoms with Gasteiger partial charge in [-0.15, -0.1) is 0 Å². The van der Waals surface area contributed by atoms with Gasteiger partial charge in [0.2, 0.25) is 23.6 Å². The van der Waals surface area contributed by atoms with Crippen molar-refractivity contribution in [2.75, 3.05) is 6.54 Å². The first-order chi connectivity index (χ1) is 13.5. The maximum atomic E-state index is 12.7. The highest BCUT2D eigenvalue weighted by molar-refractivity contribution is 5.94. The van der Waals surface area contributed by atoms with Gasteiger partial charge in [0.15, 0.2) is 6.04 Å². The Hall–Kier alpha value is -2.73. The number of aliphatic carboxylic acids is 1. The zero-order valence-electron chi connectivity index (χ0n) is 16.5. The molecule has 12 heteroatoms. The van der Waals surface area contributed by atoms with Gasteiger partial charge in [-0.05, 0) is 33.1 Å². The van der Waals surface area contributed by atoms with E-state index in [1.807, 2.05) is 0 Å². The summed E-state index contributed by atoms with van der Waals surface area (Å²) in [5, 5.41) is 23.2. The molecule has 0 aromatic rings. The molecule has 5 atom stereocenters. The number of rotatable bonds is 10. The Balaban J connectivity index is 2.92. The third kappa shape index (κ3) is 6.98. The Bertz CT molecular complexity index is 652. The Labute approximate surface area is 168 Å². The van der Waals surface area contributed by atoms with Crippen LogP contribution in [0.3, 0.4) is 0 Å². The highest BCUT2D eigenvalue weighted by Crippen LogP contribution is 2.18. The smallest absolute Gasteiger partial charge is 0.328 e. The number of aliphatic hydroxyl groups excluding tert-OH is 1. The quantitative estimate of drug-likeness (QED) is 0.217. The van der Waals surface area contributed by atoms with Crippen LogP contribution in [0.2, 0.25) is 0 Å². The summed E-state index contributed by atoms with van der Waals surface area (Å²) in [5.41, 5.74) is 10.7. The van der Waals surface area contributed by atoms with E-state index >= 15 is 0 Å². The van der Waals surface area contributed by atoms with Crippen molar-refractivity contribution < 1.29 is 34.2 Å². The van der Waals surface area contributed by atoms with Crippen molar-refractivity contribution in [2.24, 2.45) is 11.5 Å². The summed E-state index contributed by atoms with van der Waals surface area (Å²) in [6.07, 6.45) is -0.847. The molecule has 12 nitrogen and oxygen atoms in total. The number of carboxylic acids is 1. The summed E-state index contributed by atoms with van der Waals surface area (Å²) < 4.78 is 0. The van der Waals surface area contributed by atoms with Crippen LogP contribution in [0, 0.1) is 0 Å². The molecule has 1 fully saturated rings. The predicted molar refractivity (Wildman–Crippen MR) is 100.0 cm³/mol. The first-order valence-corrected chi connectivity index (χ1v) is 9.31. The third-order valence-corrected chi connectivity index (χ3v) is 4.59. The highest BCUT2D eigenvalue weighted by atomic mass is 16.4. The molecule has 0 radical (unpaired) electrons. The van der Waals surface area contributed by atoms with Crippen molar-refractivity contribution in [3.63, 3.8) is 0 Å². The van der Waals surface area contributed by atoms with E-state index in [1.54, 1.807) is 0 Å². The lowest BCUT2D eigenvalue weighted by Gasteiger charge is -2.28. The first kappa shape index (κ1) is 24.3. The van der Waals surface area contributed by atoms with Crippen LogP contribution in [-0.2, 0) is 24.0 Å². The molecule has 0 aromatic heterocycles. The second-order valence-electron chi connectivity index (χ2n) is 7.11. The van der Waals surface area contributed by atoms with Gasteiger partial charge >= 0.3 is 5.97 Å². The number of nitrogens with one attached hydrogen (secondary N) is 2. The van der Waals surface area contributed by atoms with Gasteiger partial charge < -0.3 is 37.2 Å². The number of hydrogen-bond acceptors (Lipinski definition) is 7. The summed E-state index contributed by atoms with van der Waals surface area (Å²) in [6.45, 7) is 3.03. The number of carbonyl (C=O) groups is 5. The van der Waals surface area contributed by atoms with Gasteiger partial charge in [-0.25, -0.2) is 4.79 Å². The fraction of sp³-hybridized carbons (Fsp3) is 0.706. The second kappa shape index (κ2) is 10.7. The van der Waals surface area contributed by atoms with Crippen LogP contribution in [-0.4, -0.2) is 81.5 Å². The maximum absolute atomic E-state index is 12.7. The fourth-order valence-electron chi connectivity index (χ4n) is 3.03. The normalized spacial score (nSPS) is 20.3. The minimum absolute atomic E-state index is 0.174. The minimum Gasteiger partial charge on any atom is -0.480 e. The van der Waals surface area contributed by atoms with Gasteiger partial charge in [-0.1, -0.05) is 0 Å². The molecule has 1 heterocycles.